The molecule has 1 aromatic heterocycles. The topological polar surface area (TPSA) is 70.5 Å². The number of benzene rings is 2. The molecule has 1 aliphatic heterocycles. The molecule has 0 saturated carbocycles. The summed E-state index contributed by atoms with van der Waals surface area (Å²) in [5.74, 6) is -1.64. The van der Waals surface area contributed by atoms with Crippen molar-refractivity contribution in [3.63, 3.8) is 0 Å². The Morgan fingerprint density at radius 2 is 1.87 bits per heavy atom. The number of aliphatic hydroxyl groups excluding tert-OH is 1. The number of nitrogens with zero attached hydrogens (tertiary/aromatic N) is 2. The van der Waals surface area contributed by atoms with Crippen LogP contribution >= 0.6 is 31.9 Å². The third kappa shape index (κ3) is 3.59. The van der Waals surface area contributed by atoms with E-state index in [0.717, 1.165) is 14.5 Å². The van der Waals surface area contributed by atoms with Gasteiger partial charge in [0, 0.05) is 32.6 Å². The summed E-state index contributed by atoms with van der Waals surface area (Å²) in [6.07, 6.45) is 3.22. The lowest BCUT2D eigenvalue weighted by Gasteiger charge is -2.25. The zero-order chi connectivity index (χ0) is 21.4. The van der Waals surface area contributed by atoms with Crippen LogP contribution in [0.1, 0.15) is 22.7 Å². The van der Waals surface area contributed by atoms with Gasteiger partial charge in [0.2, 0.25) is 0 Å². The van der Waals surface area contributed by atoms with Crippen molar-refractivity contribution < 1.29 is 14.7 Å². The molecule has 2 aromatic carbocycles. The Morgan fingerprint density at radius 3 is 2.53 bits per heavy atom. The highest BCUT2D eigenvalue weighted by Gasteiger charge is 2.47. The smallest absolute Gasteiger partial charge is 0.300 e. The number of anilines is 1. The SMILES string of the molecule is Cc1cc(/C(O)=C2\C(=O)C(=O)N(c3cccc(Br)c3)C2c2cccnc2)ccc1Br. The molecule has 5 nitrogen and oxygen atoms in total. The van der Waals surface area contributed by atoms with E-state index in [1.54, 1.807) is 60.9 Å². The minimum atomic E-state index is -0.794. The Balaban J connectivity index is 1.95. The summed E-state index contributed by atoms with van der Waals surface area (Å²) >= 11 is 6.85. The van der Waals surface area contributed by atoms with Crippen molar-refractivity contribution in [1.29, 1.82) is 0 Å². The largest absolute Gasteiger partial charge is 0.507 e. The summed E-state index contributed by atoms with van der Waals surface area (Å²) in [5, 5.41) is 11.1. The number of ketones is 1. The van der Waals surface area contributed by atoms with Crippen molar-refractivity contribution >= 4 is 55.0 Å². The van der Waals surface area contributed by atoms with Crippen LogP contribution in [-0.2, 0) is 9.59 Å². The predicted molar refractivity (Wildman–Crippen MR) is 122 cm³/mol. The Bertz CT molecular complexity index is 1190. The highest BCUT2D eigenvalue weighted by Crippen LogP contribution is 2.42. The van der Waals surface area contributed by atoms with Crippen LogP contribution in [0.4, 0.5) is 5.69 Å². The number of pyridine rings is 1. The first-order valence-electron chi connectivity index (χ1n) is 9.11. The molecular formula is C23H16Br2N2O3. The average Bonchev–Trinajstić information content (AvgIpc) is 3.01. The molecule has 150 valence electrons. The van der Waals surface area contributed by atoms with Gasteiger partial charge in [0.15, 0.2) is 0 Å². The number of hydrogen-bond acceptors (Lipinski definition) is 4. The van der Waals surface area contributed by atoms with Gasteiger partial charge in [-0.1, -0.05) is 50.1 Å². The zero-order valence-corrected chi connectivity index (χ0v) is 19.0. The number of halogens is 2. The van der Waals surface area contributed by atoms with E-state index in [9.17, 15) is 14.7 Å². The minimum Gasteiger partial charge on any atom is -0.507 e. The van der Waals surface area contributed by atoms with Gasteiger partial charge in [-0.3, -0.25) is 19.5 Å². The Kier molecular flexibility index (Phi) is 5.58. The lowest BCUT2D eigenvalue weighted by Crippen LogP contribution is -2.29. The second-order valence-corrected chi connectivity index (χ2v) is 8.67. The molecule has 0 radical (unpaired) electrons. The molecule has 0 aliphatic carbocycles. The maximum atomic E-state index is 13.1. The van der Waals surface area contributed by atoms with Gasteiger partial charge in [-0.2, -0.15) is 0 Å². The number of Topliss-reactive ketones (excluding diaryl/α,β-unsaturated/α-hetero) is 1. The quantitative estimate of drug-likeness (QED) is 0.276. The maximum Gasteiger partial charge on any atom is 0.300 e. The molecule has 1 atom stereocenters. The summed E-state index contributed by atoms with van der Waals surface area (Å²) in [6.45, 7) is 1.89. The van der Waals surface area contributed by atoms with E-state index in [1.165, 1.54) is 4.90 Å². The van der Waals surface area contributed by atoms with Crippen LogP contribution in [0, 0.1) is 6.92 Å². The fourth-order valence-corrected chi connectivity index (χ4v) is 4.16. The van der Waals surface area contributed by atoms with Crippen LogP contribution in [0.25, 0.3) is 5.76 Å². The molecule has 0 spiro atoms. The molecule has 4 rings (SSSR count). The van der Waals surface area contributed by atoms with Crippen molar-refractivity contribution in [2.45, 2.75) is 13.0 Å². The van der Waals surface area contributed by atoms with Crippen LogP contribution in [0.5, 0.6) is 0 Å². The van der Waals surface area contributed by atoms with Crippen molar-refractivity contribution in [1.82, 2.24) is 4.98 Å². The Morgan fingerprint density at radius 1 is 1.07 bits per heavy atom. The average molecular weight is 528 g/mol. The van der Waals surface area contributed by atoms with E-state index in [2.05, 4.69) is 36.8 Å². The van der Waals surface area contributed by atoms with Crippen LogP contribution in [0.3, 0.4) is 0 Å². The highest BCUT2D eigenvalue weighted by atomic mass is 79.9. The first kappa shape index (κ1) is 20.5. The van der Waals surface area contributed by atoms with Gasteiger partial charge in [-0.25, -0.2) is 0 Å². The molecule has 1 fully saturated rings. The third-order valence-electron chi connectivity index (χ3n) is 4.96. The van der Waals surface area contributed by atoms with Crippen LogP contribution in [0.15, 0.2) is 81.5 Å². The molecule has 1 saturated heterocycles. The normalized spacial score (nSPS) is 18.1. The zero-order valence-electron chi connectivity index (χ0n) is 15.8. The molecule has 1 unspecified atom stereocenters. The maximum absolute atomic E-state index is 13.1. The van der Waals surface area contributed by atoms with Gasteiger partial charge in [-0.15, -0.1) is 0 Å². The number of aliphatic hydroxyl groups is 1. The Hall–Kier alpha value is -2.77. The summed E-state index contributed by atoms with van der Waals surface area (Å²) in [5.41, 5.74) is 2.59. The van der Waals surface area contributed by atoms with Crippen molar-refractivity contribution in [2.24, 2.45) is 0 Å². The summed E-state index contributed by atoms with van der Waals surface area (Å²) in [7, 11) is 0. The second-order valence-electron chi connectivity index (χ2n) is 6.90. The standard InChI is InChI=1S/C23H16Br2N2O3/c1-13-10-14(7-8-18(13)25)21(28)19-20(15-4-3-9-26-12-15)27(23(30)22(19)29)17-6-2-5-16(24)11-17/h2-12,20,28H,1H3/b21-19+. The number of carbonyl (C=O) groups excluding carboxylic acids is 2. The van der Waals surface area contributed by atoms with E-state index in [4.69, 9.17) is 0 Å². The van der Waals surface area contributed by atoms with E-state index in [1.807, 2.05) is 13.0 Å². The fourth-order valence-electron chi connectivity index (χ4n) is 3.53. The van der Waals surface area contributed by atoms with E-state index < -0.39 is 17.7 Å². The minimum absolute atomic E-state index is 0.0368. The van der Waals surface area contributed by atoms with E-state index >= 15 is 0 Å². The van der Waals surface area contributed by atoms with Gasteiger partial charge >= 0.3 is 0 Å². The van der Waals surface area contributed by atoms with Crippen LogP contribution in [-0.4, -0.2) is 21.8 Å². The molecule has 30 heavy (non-hydrogen) atoms. The first-order chi connectivity index (χ1) is 14.4. The predicted octanol–water partition coefficient (Wildman–Crippen LogP) is 5.54. The molecule has 7 heteroatoms. The highest BCUT2D eigenvalue weighted by molar-refractivity contribution is 9.10. The Labute approximate surface area is 190 Å². The molecular weight excluding hydrogens is 512 g/mol. The van der Waals surface area contributed by atoms with E-state index in [-0.39, 0.29) is 11.3 Å². The number of rotatable bonds is 3. The molecule has 0 bridgehead atoms. The summed E-state index contributed by atoms with van der Waals surface area (Å²) in [6, 6.07) is 15.1. The van der Waals surface area contributed by atoms with Gasteiger partial charge in [-0.05, 0) is 54.4 Å². The second kappa shape index (κ2) is 8.16. The monoisotopic (exact) mass is 526 g/mol. The van der Waals surface area contributed by atoms with Crippen molar-refractivity contribution in [3.8, 4) is 0 Å². The number of aromatic nitrogens is 1. The van der Waals surface area contributed by atoms with Gasteiger partial charge < -0.3 is 5.11 Å². The van der Waals surface area contributed by atoms with Gasteiger partial charge in [0.25, 0.3) is 11.7 Å². The van der Waals surface area contributed by atoms with Crippen molar-refractivity contribution in [3.05, 3.63) is 98.2 Å². The van der Waals surface area contributed by atoms with Gasteiger partial charge in [0.05, 0.1) is 11.6 Å². The van der Waals surface area contributed by atoms with Crippen LogP contribution < -0.4 is 4.90 Å². The van der Waals surface area contributed by atoms with Crippen molar-refractivity contribution in [2.75, 3.05) is 4.90 Å². The molecule has 1 N–H and O–H groups in total. The van der Waals surface area contributed by atoms with E-state index in [0.29, 0.717) is 16.8 Å². The molecule has 1 amide bonds. The van der Waals surface area contributed by atoms with Crippen LogP contribution in [0.2, 0.25) is 0 Å². The fraction of sp³-hybridized carbons (Fsp3) is 0.0870. The van der Waals surface area contributed by atoms with Gasteiger partial charge in [0.1, 0.15) is 5.76 Å². The first-order valence-corrected chi connectivity index (χ1v) is 10.7. The molecule has 1 aliphatic rings. The number of hydrogen-bond donors (Lipinski definition) is 1. The summed E-state index contributed by atoms with van der Waals surface area (Å²) < 4.78 is 1.66. The molecule has 3 aromatic rings. The number of aryl methyl sites for hydroxylation is 1. The number of amides is 1. The molecule has 2 heterocycles. The lowest BCUT2D eigenvalue weighted by atomic mass is 9.95. The lowest BCUT2D eigenvalue weighted by molar-refractivity contribution is -0.132. The summed E-state index contributed by atoms with van der Waals surface area (Å²) in [4.78, 5) is 31.7. The number of carbonyl (C=O) groups is 2. The third-order valence-corrected chi connectivity index (χ3v) is 6.35.